The predicted octanol–water partition coefficient (Wildman–Crippen LogP) is 3.93. The van der Waals surface area contributed by atoms with Gasteiger partial charge >= 0.3 is 0 Å². The van der Waals surface area contributed by atoms with E-state index in [0.717, 1.165) is 22.6 Å². The number of nitrogens with one attached hydrogen (secondary N) is 2. The van der Waals surface area contributed by atoms with Gasteiger partial charge in [-0.05, 0) is 48.7 Å². The summed E-state index contributed by atoms with van der Waals surface area (Å²) in [6, 6.07) is 15.3. The summed E-state index contributed by atoms with van der Waals surface area (Å²) in [6.07, 6.45) is 1.13. The molecule has 5 heteroatoms. The van der Waals surface area contributed by atoms with Crippen LogP contribution in [0.5, 0.6) is 5.75 Å². The highest BCUT2D eigenvalue weighted by molar-refractivity contribution is 5.92. The topological polar surface area (TPSA) is 67.4 Å². The van der Waals surface area contributed by atoms with Crippen molar-refractivity contribution in [3.8, 4) is 5.75 Å². The van der Waals surface area contributed by atoms with Gasteiger partial charge in [0.25, 0.3) is 0 Å². The van der Waals surface area contributed by atoms with Crippen molar-refractivity contribution in [2.24, 2.45) is 5.92 Å². The van der Waals surface area contributed by atoms with E-state index in [1.54, 1.807) is 0 Å². The van der Waals surface area contributed by atoms with E-state index in [-0.39, 0.29) is 17.7 Å². The number of hydrogen-bond donors (Lipinski definition) is 2. The molecule has 2 aromatic rings. The standard InChI is InChI=1S/C22H28N2O3/c1-4-27-20-12-7-17(8-13-20)9-14-21(25)23-15-18-5-10-19(11-6-18)24-22(26)16(2)3/h5-8,10-13,16H,4,9,14-15H2,1-3H3,(H,23,25)(H,24,26). The molecule has 2 rings (SSSR count). The largest absolute Gasteiger partial charge is 0.494 e. The van der Waals surface area contributed by atoms with Gasteiger partial charge in [0.05, 0.1) is 6.61 Å². The number of rotatable bonds is 9. The number of carbonyl (C=O) groups excluding carboxylic acids is 2. The summed E-state index contributed by atoms with van der Waals surface area (Å²) in [5.74, 6) is 0.796. The zero-order chi connectivity index (χ0) is 19.6. The third kappa shape index (κ3) is 7.13. The third-order valence-electron chi connectivity index (χ3n) is 4.11. The number of aryl methyl sites for hydroxylation is 1. The normalized spacial score (nSPS) is 10.5. The Morgan fingerprint density at radius 3 is 2.19 bits per heavy atom. The van der Waals surface area contributed by atoms with Crippen molar-refractivity contribution in [2.75, 3.05) is 11.9 Å². The summed E-state index contributed by atoms with van der Waals surface area (Å²) in [6.45, 7) is 6.78. The lowest BCUT2D eigenvalue weighted by atomic mass is 10.1. The number of hydrogen-bond acceptors (Lipinski definition) is 3. The van der Waals surface area contributed by atoms with Gasteiger partial charge in [-0.15, -0.1) is 0 Å². The van der Waals surface area contributed by atoms with Crippen LogP contribution in [0, 0.1) is 5.92 Å². The number of carbonyl (C=O) groups is 2. The number of amides is 2. The number of benzene rings is 2. The minimum atomic E-state index is -0.0562. The summed E-state index contributed by atoms with van der Waals surface area (Å²) in [7, 11) is 0. The molecule has 0 saturated carbocycles. The van der Waals surface area contributed by atoms with Crippen molar-refractivity contribution in [1.29, 1.82) is 0 Å². The van der Waals surface area contributed by atoms with Gasteiger partial charge in [-0.2, -0.15) is 0 Å². The van der Waals surface area contributed by atoms with Crippen molar-refractivity contribution in [3.63, 3.8) is 0 Å². The lowest BCUT2D eigenvalue weighted by Crippen LogP contribution is -2.23. The average Bonchev–Trinajstić information content (AvgIpc) is 2.67. The van der Waals surface area contributed by atoms with Crippen molar-refractivity contribution in [3.05, 3.63) is 59.7 Å². The Morgan fingerprint density at radius 2 is 1.59 bits per heavy atom. The first-order valence-corrected chi connectivity index (χ1v) is 9.36. The fourth-order valence-corrected chi connectivity index (χ4v) is 2.46. The van der Waals surface area contributed by atoms with Crippen LogP contribution < -0.4 is 15.4 Å². The van der Waals surface area contributed by atoms with Crippen LogP contribution in [-0.2, 0) is 22.6 Å². The molecular formula is C22H28N2O3. The molecule has 5 nitrogen and oxygen atoms in total. The molecule has 2 N–H and O–H groups in total. The fourth-order valence-electron chi connectivity index (χ4n) is 2.46. The van der Waals surface area contributed by atoms with Gasteiger partial charge < -0.3 is 15.4 Å². The summed E-state index contributed by atoms with van der Waals surface area (Å²) < 4.78 is 5.41. The second-order valence-corrected chi connectivity index (χ2v) is 6.69. The molecule has 144 valence electrons. The van der Waals surface area contributed by atoms with Crippen molar-refractivity contribution >= 4 is 17.5 Å². The first-order chi connectivity index (χ1) is 13.0. The molecule has 0 radical (unpaired) electrons. The Hall–Kier alpha value is -2.82. The highest BCUT2D eigenvalue weighted by atomic mass is 16.5. The molecule has 0 saturated heterocycles. The molecular weight excluding hydrogens is 340 g/mol. The average molecular weight is 368 g/mol. The smallest absolute Gasteiger partial charge is 0.226 e. The molecule has 0 fully saturated rings. The lowest BCUT2D eigenvalue weighted by molar-refractivity contribution is -0.121. The molecule has 0 spiro atoms. The first kappa shape index (κ1) is 20.5. The Balaban J connectivity index is 1.74. The minimum Gasteiger partial charge on any atom is -0.494 e. The molecule has 0 aliphatic carbocycles. The van der Waals surface area contributed by atoms with Crippen LogP contribution in [0.1, 0.15) is 38.3 Å². The highest BCUT2D eigenvalue weighted by Gasteiger charge is 2.07. The maximum Gasteiger partial charge on any atom is 0.226 e. The summed E-state index contributed by atoms with van der Waals surface area (Å²) >= 11 is 0. The highest BCUT2D eigenvalue weighted by Crippen LogP contribution is 2.14. The van der Waals surface area contributed by atoms with Crippen LogP contribution in [0.3, 0.4) is 0 Å². The Kier molecular flexibility index (Phi) is 7.86. The molecule has 2 aromatic carbocycles. The first-order valence-electron chi connectivity index (χ1n) is 9.36. The molecule has 0 heterocycles. The molecule has 0 aliphatic heterocycles. The zero-order valence-corrected chi connectivity index (χ0v) is 16.2. The van der Waals surface area contributed by atoms with E-state index in [2.05, 4.69) is 10.6 Å². The van der Waals surface area contributed by atoms with Gasteiger partial charge in [0.2, 0.25) is 11.8 Å². The van der Waals surface area contributed by atoms with Gasteiger partial charge in [-0.3, -0.25) is 9.59 Å². The zero-order valence-electron chi connectivity index (χ0n) is 16.2. The van der Waals surface area contributed by atoms with E-state index in [4.69, 9.17) is 4.74 Å². The van der Waals surface area contributed by atoms with Crippen LogP contribution in [0.2, 0.25) is 0 Å². The Labute approximate surface area is 161 Å². The van der Waals surface area contributed by atoms with Crippen LogP contribution >= 0.6 is 0 Å². The van der Waals surface area contributed by atoms with Crippen LogP contribution in [0.15, 0.2) is 48.5 Å². The molecule has 0 atom stereocenters. The van der Waals surface area contributed by atoms with Gasteiger partial charge in [-0.1, -0.05) is 38.1 Å². The molecule has 0 aromatic heterocycles. The van der Waals surface area contributed by atoms with E-state index < -0.39 is 0 Å². The maximum atomic E-state index is 12.1. The molecule has 27 heavy (non-hydrogen) atoms. The maximum absolute atomic E-state index is 12.1. The van der Waals surface area contributed by atoms with E-state index in [1.807, 2.05) is 69.3 Å². The quantitative estimate of drug-likeness (QED) is 0.705. The van der Waals surface area contributed by atoms with E-state index in [0.29, 0.717) is 26.0 Å². The third-order valence-corrected chi connectivity index (χ3v) is 4.11. The van der Waals surface area contributed by atoms with Crippen LogP contribution in [0.25, 0.3) is 0 Å². The van der Waals surface area contributed by atoms with Crippen LogP contribution in [0.4, 0.5) is 5.69 Å². The number of ether oxygens (including phenoxy) is 1. The molecule has 0 aliphatic rings. The Morgan fingerprint density at radius 1 is 0.963 bits per heavy atom. The fraction of sp³-hybridized carbons (Fsp3) is 0.364. The number of anilines is 1. The van der Waals surface area contributed by atoms with Crippen molar-refractivity contribution < 1.29 is 14.3 Å². The van der Waals surface area contributed by atoms with Gasteiger partial charge in [0, 0.05) is 24.6 Å². The molecule has 0 bridgehead atoms. The molecule has 2 amide bonds. The summed E-state index contributed by atoms with van der Waals surface area (Å²) in [4.78, 5) is 23.7. The second kappa shape index (κ2) is 10.4. The van der Waals surface area contributed by atoms with Gasteiger partial charge in [-0.25, -0.2) is 0 Å². The lowest BCUT2D eigenvalue weighted by Gasteiger charge is -2.09. The van der Waals surface area contributed by atoms with E-state index in [9.17, 15) is 9.59 Å². The van der Waals surface area contributed by atoms with Crippen LogP contribution in [-0.4, -0.2) is 18.4 Å². The van der Waals surface area contributed by atoms with E-state index >= 15 is 0 Å². The monoisotopic (exact) mass is 368 g/mol. The van der Waals surface area contributed by atoms with Gasteiger partial charge in [0.1, 0.15) is 5.75 Å². The summed E-state index contributed by atoms with van der Waals surface area (Å²) in [5.41, 5.74) is 2.87. The minimum absolute atomic E-state index is 0.00894. The van der Waals surface area contributed by atoms with Crippen molar-refractivity contribution in [1.82, 2.24) is 5.32 Å². The SMILES string of the molecule is CCOc1ccc(CCC(=O)NCc2ccc(NC(=O)C(C)C)cc2)cc1. The van der Waals surface area contributed by atoms with E-state index in [1.165, 1.54) is 0 Å². The predicted molar refractivity (Wildman–Crippen MR) is 108 cm³/mol. The summed E-state index contributed by atoms with van der Waals surface area (Å²) in [5, 5.41) is 5.78. The van der Waals surface area contributed by atoms with Crippen molar-refractivity contribution in [2.45, 2.75) is 40.2 Å². The second-order valence-electron chi connectivity index (χ2n) is 6.69. The Bertz CT molecular complexity index is 737. The molecule has 0 unspecified atom stereocenters. The van der Waals surface area contributed by atoms with Gasteiger partial charge in [0.15, 0.2) is 0 Å².